The van der Waals surface area contributed by atoms with Crippen LogP contribution < -0.4 is 5.32 Å². The Morgan fingerprint density at radius 3 is 2.59 bits per heavy atom. The van der Waals surface area contributed by atoms with Crippen LogP contribution in [0, 0.1) is 5.92 Å². The van der Waals surface area contributed by atoms with Crippen molar-refractivity contribution in [1.29, 1.82) is 0 Å². The van der Waals surface area contributed by atoms with Gasteiger partial charge in [0.2, 0.25) is 0 Å². The van der Waals surface area contributed by atoms with Gasteiger partial charge in [0.05, 0.1) is 13.2 Å². The van der Waals surface area contributed by atoms with E-state index in [1.54, 1.807) is 0 Å². The van der Waals surface area contributed by atoms with Gasteiger partial charge in [0.15, 0.2) is 0 Å². The molecule has 2 rings (SSSR count). The van der Waals surface area contributed by atoms with Crippen LogP contribution in [0.15, 0.2) is 24.3 Å². The average Bonchev–Trinajstić information content (AvgIpc) is 2.28. The molecule has 1 aromatic rings. The van der Waals surface area contributed by atoms with Gasteiger partial charge in [-0.2, -0.15) is 0 Å². The molecule has 0 aliphatic carbocycles. The van der Waals surface area contributed by atoms with E-state index in [-0.39, 0.29) is 5.41 Å². The molecule has 0 spiro atoms. The van der Waals surface area contributed by atoms with Crippen molar-refractivity contribution >= 4 is 11.6 Å². The zero-order valence-corrected chi connectivity index (χ0v) is 11.3. The van der Waals surface area contributed by atoms with E-state index in [0.29, 0.717) is 5.92 Å². The van der Waals surface area contributed by atoms with Gasteiger partial charge in [0, 0.05) is 10.4 Å². The van der Waals surface area contributed by atoms with Crippen LogP contribution in [0.5, 0.6) is 0 Å². The zero-order valence-electron chi connectivity index (χ0n) is 10.5. The first-order valence-electron chi connectivity index (χ1n) is 6.22. The molecule has 94 valence electrons. The van der Waals surface area contributed by atoms with Crippen LogP contribution in [0.4, 0.5) is 0 Å². The van der Waals surface area contributed by atoms with Crippen molar-refractivity contribution in [3.8, 4) is 0 Å². The highest BCUT2D eigenvalue weighted by Gasteiger charge is 2.46. The number of hydrogen-bond acceptors (Lipinski definition) is 2. The van der Waals surface area contributed by atoms with Gasteiger partial charge in [-0.25, -0.2) is 0 Å². The van der Waals surface area contributed by atoms with E-state index in [1.165, 1.54) is 5.56 Å². The molecule has 1 aromatic carbocycles. The molecule has 3 heteroatoms. The van der Waals surface area contributed by atoms with E-state index < -0.39 is 0 Å². The van der Waals surface area contributed by atoms with Gasteiger partial charge in [-0.05, 0) is 31.1 Å². The number of halogens is 1. The van der Waals surface area contributed by atoms with Crippen LogP contribution in [-0.4, -0.2) is 26.8 Å². The van der Waals surface area contributed by atoms with E-state index >= 15 is 0 Å². The largest absolute Gasteiger partial charge is 0.379 e. The highest BCUT2D eigenvalue weighted by atomic mass is 35.5. The normalized spacial score (nSPS) is 19.7. The summed E-state index contributed by atoms with van der Waals surface area (Å²) in [4.78, 5) is 0. The predicted molar refractivity (Wildman–Crippen MR) is 71.7 cm³/mol. The smallest absolute Gasteiger partial charge is 0.0589 e. The van der Waals surface area contributed by atoms with Crippen LogP contribution >= 0.6 is 11.6 Å². The van der Waals surface area contributed by atoms with Gasteiger partial charge in [-0.1, -0.05) is 43.1 Å². The molecule has 0 saturated carbocycles. The Labute approximate surface area is 108 Å². The van der Waals surface area contributed by atoms with E-state index in [9.17, 15) is 0 Å². The summed E-state index contributed by atoms with van der Waals surface area (Å²) in [5.41, 5.74) is 1.35. The number of hydrogen-bond donors (Lipinski definition) is 1. The molecule has 1 unspecified atom stereocenters. The van der Waals surface area contributed by atoms with Gasteiger partial charge in [-0.3, -0.25) is 0 Å². The zero-order chi connectivity index (χ0) is 12.3. The quantitative estimate of drug-likeness (QED) is 0.871. The summed E-state index contributed by atoms with van der Waals surface area (Å²) in [5.74, 6) is 0.571. The fourth-order valence-electron chi connectivity index (χ4n) is 2.77. The van der Waals surface area contributed by atoms with Gasteiger partial charge in [0.25, 0.3) is 0 Å². The van der Waals surface area contributed by atoms with E-state index in [4.69, 9.17) is 16.3 Å². The summed E-state index contributed by atoms with van der Waals surface area (Å²) < 4.78 is 5.49. The van der Waals surface area contributed by atoms with Crippen molar-refractivity contribution in [2.45, 2.75) is 18.8 Å². The number of ether oxygens (including phenoxy) is 1. The summed E-state index contributed by atoms with van der Waals surface area (Å²) in [5, 5.41) is 4.15. The lowest BCUT2D eigenvalue weighted by Crippen LogP contribution is -2.54. The summed E-state index contributed by atoms with van der Waals surface area (Å²) in [6, 6.07) is 8.16. The van der Waals surface area contributed by atoms with Crippen molar-refractivity contribution in [2.75, 3.05) is 26.8 Å². The van der Waals surface area contributed by atoms with Crippen molar-refractivity contribution in [2.24, 2.45) is 5.92 Å². The average molecular weight is 254 g/mol. The van der Waals surface area contributed by atoms with Crippen molar-refractivity contribution < 1.29 is 4.74 Å². The first-order chi connectivity index (χ1) is 8.24. The Kier molecular flexibility index (Phi) is 4.08. The van der Waals surface area contributed by atoms with Crippen LogP contribution in [0.1, 0.15) is 18.9 Å². The van der Waals surface area contributed by atoms with E-state index in [0.717, 1.165) is 31.2 Å². The Morgan fingerprint density at radius 2 is 2.12 bits per heavy atom. The maximum absolute atomic E-state index is 6.35. The van der Waals surface area contributed by atoms with Crippen LogP contribution in [0.25, 0.3) is 0 Å². The second kappa shape index (κ2) is 5.38. The Bertz CT molecular complexity index is 376. The Hall–Kier alpha value is -0.570. The monoisotopic (exact) mass is 253 g/mol. The summed E-state index contributed by atoms with van der Waals surface area (Å²) in [6.45, 7) is 4.82. The molecule has 1 fully saturated rings. The standard InChI is InChI=1S/C14H20ClNO/c1-3-11(8-16-2)14(9-17-10-14)12-6-4-5-7-13(12)15/h4-7,11,16H,3,8-10H2,1-2H3. The number of rotatable bonds is 5. The first kappa shape index (κ1) is 12.9. The van der Waals surface area contributed by atoms with Gasteiger partial charge >= 0.3 is 0 Å². The fourth-order valence-corrected chi connectivity index (χ4v) is 3.10. The maximum atomic E-state index is 6.35. The van der Waals surface area contributed by atoms with Gasteiger partial charge in [0.1, 0.15) is 0 Å². The lowest BCUT2D eigenvalue weighted by atomic mass is 9.67. The van der Waals surface area contributed by atoms with Crippen molar-refractivity contribution in [3.63, 3.8) is 0 Å². The highest BCUT2D eigenvalue weighted by molar-refractivity contribution is 6.31. The van der Waals surface area contributed by atoms with Crippen molar-refractivity contribution in [1.82, 2.24) is 5.32 Å². The molecule has 1 aliphatic rings. The number of benzene rings is 1. The van der Waals surface area contributed by atoms with Crippen LogP contribution in [-0.2, 0) is 10.2 Å². The summed E-state index contributed by atoms with van der Waals surface area (Å²) in [7, 11) is 2.00. The lowest BCUT2D eigenvalue weighted by Gasteiger charge is -2.48. The van der Waals surface area contributed by atoms with Gasteiger partial charge < -0.3 is 10.1 Å². The number of nitrogens with one attached hydrogen (secondary N) is 1. The minimum Gasteiger partial charge on any atom is -0.379 e. The second-order valence-electron chi connectivity index (χ2n) is 4.79. The maximum Gasteiger partial charge on any atom is 0.0589 e. The van der Waals surface area contributed by atoms with E-state index in [2.05, 4.69) is 24.4 Å². The molecule has 1 N–H and O–H groups in total. The molecule has 0 aromatic heterocycles. The first-order valence-corrected chi connectivity index (χ1v) is 6.59. The summed E-state index contributed by atoms with van der Waals surface area (Å²) >= 11 is 6.35. The molecule has 2 nitrogen and oxygen atoms in total. The Morgan fingerprint density at radius 1 is 1.41 bits per heavy atom. The lowest BCUT2D eigenvalue weighted by molar-refractivity contribution is -0.0909. The SMILES string of the molecule is CCC(CNC)C1(c2ccccc2Cl)COC1. The highest BCUT2D eigenvalue weighted by Crippen LogP contribution is 2.43. The molecule has 1 heterocycles. The second-order valence-corrected chi connectivity index (χ2v) is 5.20. The fraction of sp³-hybridized carbons (Fsp3) is 0.571. The molecular formula is C14H20ClNO. The third-order valence-electron chi connectivity index (χ3n) is 3.85. The molecular weight excluding hydrogens is 234 g/mol. The minimum atomic E-state index is 0.107. The van der Waals surface area contributed by atoms with E-state index in [1.807, 2.05) is 19.2 Å². The third-order valence-corrected chi connectivity index (χ3v) is 4.18. The van der Waals surface area contributed by atoms with Crippen molar-refractivity contribution in [3.05, 3.63) is 34.9 Å². The predicted octanol–water partition coefficient (Wildman–Crippen LogP) is 2.85. The third kappa shape index (κ3) is 2.22. The molecule has 1 saturated heterocycles. The molecule has 1 atom stereocenters. The summed E-state index contributed by atoms with van der Waals surface area (Å²) in [6.07, 6.45) is 1.13. The van der Waals surface area contributed by atoms with Gasteiger partial charge in [-0.15, -0.1) is 0 Å². The van der Waals surface area contributed by atoms with Crippen LogP contribution in [0.3, 0.4) is 0 Å². The Balaban J connectivity index is 2.34. The minimum absolute atomic E-state index is 0.107. The molecule has 0 radical (unpaired) electrons. The van der Waals surface area contributed by atoms with Crippen LogP contribution in [0.2, 0.25) is 5.02 Å². The molecule has 0 bridgehead atoms. The molecule has 17 heavy (non-hydrogen) atoms. The topological polar surface area (TPSA) is 21.3 Å². The molecule has 1 aliphatic heterocycles. The molecule has 0 amide bonds.